The van der Waals surface area contributed by atoms with Crippen molar-refractivity contribution in [3.8, 4) is 0 Å². The van der Waals surface area contributed by atoms with Gasteiger partial charge < -0.3 is 0 Å². The van der Waals surface area contributed by atoms with Crippen LogP contribution in [0.1, 0.15) is 5.56 Å². The van der Waals surface area contributed by atoms with Crippen LogP contribution in [0.2, 0.25) is 10.0 Å². The van der Waals surface area contributed by atoms with Gasteiger partial charge in [0, 0.05) is 6.07 Å². The molecule has 1 N–H and O–H groups in total. The number of para-hydroxylation sites is 1. The van der Waals surface area contributed by atoms with Crippen molar-refractivity contribution in [2.75, 3.05) is 0 Å². The zero-order valence-corrected chi connectivity index (χ0v) is 13.6. The van der Waals surface area contributed by atoms with Crippen molar-refractivity contribution in [3.05, 3.63) is 68.2 Å². The standard InChI is InChI=1S/C13H9Cl2N3O4S/c14-11-6-5-10(7-12(11)15)23(21,22)17-16-8-9-3-1-2-4-13(9)18(19)20/h1-8,17H/b16-8+. The summed E-state index contributed by atoms with van der Waals surface area (Å²) in [5, 5.41) is 14.7. The molecule has 23 heavy (non-hydrogen) atoms. The van der Waals surface area contributed by atoms with Crippen LogP contribution in [0.15, 0.2) is 52.5 Å². The van der Waals surface area contributed by atoms with Gasteiger partial charge in [-0.05, 0) is 24.3 Å². The van der Waals surface area contributed by atoms with Crippen molar-refractivity contribution >= 4 is 45.1 Å². The highest BCUT2D eigenvalue weighted by atomic mass is 35.5. The molecule has 0 heterocycles. The smallest absolute Gasteiger partial charge is 0.258 e. The van der Waals surface area contributed by atoms with Crippen LogP contribution in [-0.2, 0) is 10.0 Å². The molecule has 0 saturated carbocycles. The second-order valence-corrected chi connectivity index (χ2v) is 6.72. The Bertz CT molecular complexity index is 885. The van der Waals surface area contributed by atoms with E-state index < -0.39 is 14.9 Å². The van der Waals surface area contributed by atoms with E-state index in [0.717, 1.165) is 6.21 Å². The van der Waals surface area contributed by atoms with Gasteiger partial charge in [0.05, 0.1) is 31.6 Å². The number of nitro benzene ring substituents is 1. The minimum atomic E-state index is -3.96. The zero-order chi connectivity index (χ0) is 17.0. The maximum atomic E-state index is 12.0. The highest BCUT2D eigenvalue weighted by molar-refractivity contribution is 7.89. The Morgan fingerprint density at radius 2 is 1.83 bits per heavy atom. The molecule has 0 aliphatic heterocycles. The number of rotatable bonds is 5. The minimum absolute atomic E-state index is 0.0808. The molecule has 2 aromatic rings. The predicted molar refractivity (Wildman–Crippen MR) is 87.5 cm³/mol. The van der Waals surface area contributed by atoms with Gasteiger partial charge in [-0.25, -0.2) is 4.83 Å². The lowest BCUT2D eigenvalue weighted by molar-refractivity contribution is -0.385. The van der Waals surface area contributed by atoms with Gasteiger partial charge in [-0.15, -0.1) is 0 Å². The first kappa shape index (κ1) is 17.2. The maximum Gasteiger partial charge on any atom is 0.278 e. The van der Waals surface area contributed by atoms with Crippen LogP contribution in [0.5, 0.6) is 0 Å². The van der Waals surface area contributed by atoms with Gasteiger partial charge in [0.15, 0.2) is 0 Å². The monoisotopic (exact) mass is 373 g/mol. The summed E-state index contributed by atoms with van der Waals surface area (Å²) in [4.78, 5) is 12.1. The lowest BCUT2D eigenvalue weighted by Crippen LogP contribution is -2.18. The quantitative estimate of drug-likeness (QED) is 0.493. The fourth-order valence-corrected chi connectivity index (χ4v) is 2.80. The van der Waals surface area contributed by atoms with Gasteiger partial charge in [0.25, 0.3) is 15.7 Å². The third-order valence-electron chi connectivity index (χ3n) is 2.71. The van der Waals surface area contributed by atoms with Gasteiger partial charge in [-0.3, -0.25) is 10.1 Å². The van der Waals surface area contributed by atoms with Crippen LogP contribution in [0, 0.1) is 10.1 Å². The second kappa shape index (κ2) is 6.95. The van der Waals surface area contributed by atoms with Crippen LogP contribution in [-0.4, -0.2) is 19.6 Å². The molecule has 0 bridgehead atoms. The van der Waals surface area contributed by atoms with Gasteiger partial charge in [-0.2, -0.15) is 13.5 Å². The molecule has 0 saturated heterocycles. The fraction of sp³-hybridized carbons (Fsp3) is 0. The van der Waals surface area contributed by atoms with Crippen LogP contribution in [0.25, 0.3) is 0 Å². The number of halogens is 2. The van der Waals surface area contributed by atoms with Crippen molar-refractivity contribution in [2.24, 2.45) is 5.10 Å². The van der Waals surface area contributed by atoms with Crippen molar-refractivity contribution < 1.29 is 13.3 Å². The number of hydrogen-bond acceptors (Lipinski definition) is 5. The van der Waals surface area contributed by atoms with E-state index >= 15 is 0 Å². The van der Waals surface area contributed by atoms with Crippen LogP contribution < -0.4 is 4.83 Å². The number of nitrogens with one attached hydrogen (secondary N) is 1. The average Bonchev–Trinajstić information content (AvgIpc) is 2.50. The molecule has 0 fully saturated rings. The van der Waals surface area contributed by atoms with E-state index in [-0.39, 0.29) is 26.2 Å². The highest BCUT2D eigenvalue weighted by Gasteiger charge is 2.15. The zero-order valence-electron chi connectivity index (χ0n) is 11.3. The number of nitro groups is 1. The van der Waals surface area contributed by atoms with E-state index in [9.17, 15) is 18.5 Å². The Morgan fingerprint density at radius 3 is 2.48 bits per heavy atom. The molecule has 0 aromatic heterocycles. The van der Waals surface area contributed by atoms with E-state index in [1.54, 1.807) is 6.07 Å². The van der Waals surface area contributed by atoms with Crippen molar-refractivity contribution in [2.45, 2.75) is 4.90 Å². The van der Waals surface area contributed by atoms with Gasteiger partial charge in [-0.1, -0.05) is 35.3 Å². The fourth-order valence-electron chi connectivity index (χ4n) is 1.62. The van der Waals surface area contributed by atoms with E-state index in [4.69, 9.17) is 23.2 Å². The molecule has 0 atom stereocenters. The number of sulfonamides is 1. The van der Waals surface area contributed by atoms with E-state index in [1.165, 1.54) is 36.4 Å². The SMILES string of the molecule is O=[N+]([O-])c1ccccc1/C=N/NS(=O)(=O)c1ccc(Cl)c(Cl)c1. The summed E-state index contributed by atoms with van der Waals surface area (Å²) in [6.07, 6.45) is 1.05. The third-order valence-corrected chi connectivity index (χ3v) is 4.67. The third kappa shape index (κ3) is 4.19. The molecule has 0 unspecified atom stereocenters. The minimum Gasteiger partial charge on any atom is -0.258 e. The topological polar surface area (TPSA) is 102 Å². The molecule has 2 rings (SSSR count). The van der Waals surface area contributed by atoms with E-state index in [0.29, 0.717) is 0 Å². The Morgan fingerprint density at radius 1 is 1.13 bits per heavy atom. The predicted octanol–water partition coefficient (Wildman–Crippen LogP) is 3.21. The van der Waals surface area contributed by atoms with Gasteiger partial charge in [0.2, 0.25) is 0 Å². The van der Waals surface area contributed by atoms with Crippen LogP contribution in [0.4, 0.5) is 5.69 Å². The van der Waals surface area contributed by atoms with Crippen molar-refractivity contribution in [1.29, 1.82) is 0 Å². The summed E-state index contributed by atoms with van der Waals surface area (Å²) < 4.78 is 24.1. The first-order valence-corrected chi connectivity index (χ1v) is 8.28. The van der Waals surface area contributed by atoms with Crippen molar-refractivity contribution in [1.82, 2.24) is 4.83 Å². The summed E-state index contributed by atoms with van der Waals surface area (Å²) in [6, 6.07) is 9.56. The number of hydrogen-bond donors (Lipinski definition) is 1. The highest BCUT2D eigenvalue weighted by Crippen LogP contribution is 2.24. The molecule has 0 aliphatic rings. The van der Waals surface area contributed by atoms with Gasteiger partial charge >= 0.3 is 0 Å². The van der Waals surface area contributed by atoms with E-state index in [2.05, 4.69) is 5.10 Å². The molecular formula is C13H9Cl2N3O4S. The second-order valence-electron chi connectivity index (χ2n) is 4.24. The summed E-state index contributed by atoms with van der Waals surface area (Å²) in [5.74, 6) is 0. The summed E-state index contributed by atoms with van der Waals surface area (Å²) in [7, 11) is -3.96. The van der Waals surface area contributed by atoms with Crippen LogP contribution in [0.3, 0.4) is 0 Å². The Hall–Kier alpha value is -2.16. The molecular weight excluding hydrogens is 365 g/mol. The van der Waals surface area contributed by atoms with E-state index in [1.807, 2.05) is 4.83 Å². The maximum absolute atomic E-state index is 12.0. The van der Waals surface area contributed by atoms with Crippen molar-refractivity contribution in [3.63, 3.8) is 0 Å². The molecule has 10 heteroatoms. The number of hydrazone groups is 1. The Kier molecular flexibility index (Phi) is 5.19. The van der Waals surface area contributed by atoms with Crippen LogP contribution >= 0.6 is 23.2 Å². The Labute approximate surface area is 141 Å². The summed E-state index contributed by atoms with van der Waals surface area (Å²) >= 11 is 11.5. The lowest BCUT2D eigenvalue weighted by atomic mass is 10.2. The summed E-state index contributed by atoms with van der Waals surface area (Å²) in [5.41, 5.74) is -0.0284. The molecule has 120 valence electrons. The number of benzene rings is 2. The Balaban J connectivity index is 2.22. The largest absolute Gasteiger partial charge is 0.278 e. The van der Waals surface area contributed by atoms with Gasteiger partial charge in [0.1, 0.15) is 0 Å². The molecule has 0 amide bonds. The molecule has 2 aromatic carbocycles. The first-order valence-electron chi connectivity index (χ1n) is 6.04. The normalized spacial score (nSPS) is 11.6. The molecule has 0 aliphatic carbocycles. The lowest BCUT2D eigenvalue weighted by Gasteiger charge is -2.04. The molecule has 7 nitrogen and oxygen atoms in total. The average molecular weight is 374 g/mol. The molecule has 0 radical (unpaired) electrons. The summed E-state index contributed by atoms with van der Waals surface area (Å²) in [6.45, 7) is 0. The number of nitrogens with zero attached hydrogens (tertiary/aromatic N) is 2. The molecule has 0 spiro atoms. The first-order chi connectivity index (χ1) is 10.8.